The van der Waals surface area contributed by atoms with Crippen molar-refractivity contribution in [2.45, 2.75) is 46.5 Å². The molecular weight excluding hydrogens is 236 g/mol. The fourth-order valence-electron chi connectivity index (χ4n) is 2.58. The van der Waals surface area contributed by atoms with Crippen molar-refractivity contribution in [1.29, 1.82) is 0 Å². The summed E-state index contributed by atoms with van der Waals surface area (Å²) in [5.74, 6) is 2.92. The summed E-state index contributed by atoms with van der Waals surface area (Å²) in [5, 5.41) is 3.14. The number of hydrogen-bond donors (Lipinski definition) is 1. The Morgan fingerprint density at radius 3 is 2.74 bits per heavy atom. The van der Waals surface area contributed by atoms with Crippen LogP contribution in [0, 0.1) is 5.41 Å². The second-order valence-electron chi connectivity index (χ2n) is 6.14. The Morgan fingerprint density at radius 1 is 1.26 bits per heavy atom. The Balaban J connectivity index is 2.21. The van der Waals surface area contributed by atoms with Gasteiger partial charge in [0, 0.05) is 32.6 Å². The van der Waals surface area contributed by atoms with Crippen LogP contribution < -0.4 is 10.2 Å². The van der Waals surface area contributed by atoms with Crippen LogP contribution in [0.5, 0.6) is 0 Å². The van der Waals surface area contributed by atoms with Gasteiger partial charge in [-0.2, -0.15) is 0 Å². The van der Waals surface area contributed by atoms with Gasteiger partial charge in [-0.1, -0.05) is 20.8 Å². The van der Waals surface area contributed by atoms with Crippen LogP contribution in [0.25, 0.3) is 0 Å². The Labute approximate surface area is 116 Å². The van der Waals surface area contributed by atoms with Gasteiger partial charge in [0.1, 0.15) is 17.5 Å². The van der Waals surface area contributed by atoms with Crippen molar-refractivity contribution < 1.29 is 0 Å². The standard InChI is InChI=1S/C15H26N4/c1-5-12-17-13(16-4)11-14(18-12)19-9-6-7-15(2,3)8-10-19/h11H,5-10H2,1-4H3,(H,16,17,18). The molecule has 2 heterocycles. The third-order valence-corrected chi connectivity index (χ3v) is 4.00. The SMILES string of the molecule is CCc1nc(NC)cc(N2CCCC(C)(C)CC2)n1. The normalized spacial score (nSPS) is 19.1. The quantitative estimate of drug-likeness (QED) is 0.909. The number of aryl methyl sites for hydroxylation is 1. The van der Waals surface area contributed by atoms with Crippen molar-refractivity contribution in [2.75, 3.05) is 30.4 Å². The van der Waals surface area contributed by atoms with Crippen LogP contribution in [0.4, 0.5) is 11.6 Å². The fraction of sp³-hybridized carbons (Fsp3) is 0.733. The summed E-state index contributed by atoms with van der Waals surface area (Å²) >= 11 is 0. The number of aromatic nitrogens is 2. The van der Waals surface area contributed by atoms with Crippen molar-refractivity contribution in [3.8, 4) is 0 Å². The second kappa shape index (κ2) is 5.76. The minimum absolute atomic E-state index is 0.460. The summed E-state index contributed by atoms with van der Waals surface area (Å²) < 4.78 is 0. The van der Waals surface area contributed by atoms with Gasteiger partial charge in [0.15, 0.2) is 0 Å². The van der Waals surface area contributed by atoms with Crippen molar-refractivity contribution >= 4 is 11.6 Å². The topological polar surface area (TPSA) is 41.1 Å². The molecule has 0 saturated carbocycles. The molecule has 0 atom stereocenters. The Bertz CT molecular complexity index is 406. The maximum Gasteiger partial charge on any atom is 0.134 e. The van der Waals surface area contributed by atoms with Gasteiger partial charge < -0.3 is 10.2 Å². The van der Waals surface area contributed by atoms with Crippen LogP contribution in [-0.4, -0.2) is 30.1 Å². The molecule has 2 rings (SSSR count). The lowest BCUT2D eigenvalue weighted by molar-refractivity contribution is 0.325. The summed E-state index contributed by atoms with van der Waals surface area (Å²) in [6, 6.07) is 2.07. The highest BCUT2D eigenvalue weighted by Crippen LogP contribution is 2.31. The van der Waals surface area contributed by atoms with Crippen LogP contribution in [0.1, 0.15) is 45.9 Å². The van der Waals surface area contributed by atoms with E-state index in [2.05, 4.69) is 47.0 Å². The van der Waals surface area contributed by atoms with Crippen LogP contribution in [-0.2, 0) is 6.42 Å². The van der Waals surface area contributed by atoms with Crippen molar-refractivity contribution in [2.24, 2.45) is 5.41 Å². The summed E-state index contributed by atoms with van der Waals surface area (Å²) in [6.45, 7) is 9.03. The fourth-order valence-corrected chi connectivity index (χ4v) is 2.58. The molecule has 0 spiro atoms. The molecule has 0 aliphatic carbocycles. The minimum atomic E-state index is 0.460. The molecule has 0 unspecified atom stereocenters. The summed E-state index contributed by atoms with van der Waals surface area (Å²) in [6.07, 6.45) is 4.65. The van der Waals surface area contributed by atoms with E-state index in [0.717, 1.165) is 37.0 Å². The Morgan fingerprint density at radius 2 is 2.05 bits per heavy atom. The van der Waals surface area contributed by atoms with Gasteiger partial charge in [-0.25, -0.2) is 9.97 Å². The zero-order chi connectivity index (χ0) is 13.9. The number of anilines is 2. The number of hydrogen-bond acceptors (Lipinski definition) is 4. The first-order valence-corrected chi connectivity index (χ1v) is 7.35. The van der Waals surface area contributed by atoms with E-state index >= 15 is 0 Å². The molecule has 1 N–H and O–H groups in total. The molecule has 1 aliphatic heterocycles. The summed E-state index contributed by atoms with van der Waals surface area (Å²) in [4.78, 5) is 11.6. The lowest BCUT2D eigenvalue weighted by Crippen LogP contribution is -2.26. The molecule has 1 aromatic heterocycles. The molecule has 1 saturated heterocycles. The van der Waals surface area contributed by atoms with Crippen molar-refractivity contribution in [1.82, 2.24) is 9.97 Å². The van der Waals surface area contributed by atoms with Gasteiger partial charge >= 0.3 is 0 Å². The van der Waals surface area contributed by atoms with Crippen LogP contribution in [0.2, 0.25) is 0 Å². The Kier molecular flexibility index (Phi) is 4.27. The molecule has 1 aliphatic rings. The lowest BCUT2D eigenvalue weighted by Gasteiger charge is -2.24. The first-order valence-electron chi connectivity index (χ1n) is 7.35. The van der Waals surface area contributed by atoms with E-state index in [1.165, 1.54) is 19.3 Å². The van der Waals surface area contributed by atoms with Crippen molar-refractivity contribution in [3.05, 3.63) is 11.9 Å². The molecule has 0 radical (unpaired) electrons. The van der Waals surface area contributed by atoms with E-state index in [0.29, 0.717) is 5.41 Å². The van der Waals surface area contributed by atoms with Gasteiger partial charge in [-0.3, -0.25) is 0 Å². The number of nitrogens with zero attached hydrogens (tertiary/aromatic N) is 3. The summed E-state index contributed by atoms with van der Waals surface area (Å²) in [7, 11) is 1.91. The largest absolute Gasteiger partial charge is 0.373 e. The predicted octanol–water partition coefficient (Wildman–Crippen LogP) is 3.10. The van der Waals surface area contributed by atoms with Gasteiger partial charge in [0.2, 0.25) is 0 Å². The molecule has 0 aromatic carbocycles. The number of rotatable bonds is 3. The van der Waals surface area contributed by atoms with Crippen LogP contribution >= 0.6 is 0 Å². The molecule has 4 nitrogen and oxygen atoms in total. The predicted molar refractivity (Wildman–Crippen MR) is 80.8 cm³/mol. The highest BCUT2D eigenvalue weighted by molar-refractivity contribution is 5.49. The lowest BCUT2D eigenvalue weighted by atomic mass is 9.85. The van der Waals surface area contributed by atoms with Gasteiger partial charge in [0.05, 0.1) is 0 Å². The molecule has 0 bridgehead atoms. The maximum atomic E-state index is 4.69. The van der Waals surface area contributed by atoms with E-state index in [-0.39, 0.29) is 0 Å². The monoisotopic (exact) mass is 262 g/mol. The third kappa shape index (κ3) is 3.58. The highest BCUT2D eigenvalue weighted by atomic mass is 15.2. The Hall–Kier alpha value is -1.32. The van der Waals surface area contributed by atoms with Gasteiger partial charge in [-0.15, -0.1) is 0 Å². The average Bonchev–Trinajstić information content (AvgIpc) is 2.59. The second-order valence-corrected chi connectivity index (χ2v) is 6.14. The smallest absolute Gasteiger partial charge is 0.134 e. The number of nitrogens with one attached hydrogen (secondary N) is 1. The highest BCUT2D eigenvalue weighted by Gasteiger charge is 2.24. The van der Waals surface area contributed by atoms with Crippen molar-refractivity contribution in [3.63, 3.8) is 0 Å². The third-order valence-electron chi connectivity index (χ3n) is 4.00. The van der Waals surface area contributed by atoms with E-state index in [4.69, 9.17) is 0 Å². The molecule has 0 amide bonds. The first-order chi connectivity index (χ1) is 9.04. The first kappa shape index (κ1) is 14.1. The molecule has 1 aromatic rings. The van der Waals surface area contributed by atoms with E-state index in [9.17, 15) is 0 Å². The average molecular weight is 262 g/mol. The molecule has 4 heteroatoms. The molecule has 19 heavy (non-hydrogen) atoms. The van der Waals surface area contributed by atoms with E-state index in [1.807, 2.05) is 7.05 Å². The van der Waals surface area contributed by atoms with Crippen LogP contribution in [0.15, 0.2) is 6.07 Å². The zero-order valence-corrected chi connectivity index (χ0v) is 12.7. The van der Waals surface area contributed by atoms with E-state index in [1.54, 1.807) is 0 Å². The van der Waals surface area contributed by atoms with Gasteiger partial charge in [0.25, 0.3) is 0 Å². The summed E-state index contributed by atoms with van der Waals surface area (Å²) in [5.41, 5.74) is 0.460. The molecular formula is C15H26N4. The molecule has 1 fully saturated rings. The minimum Gasteiger partial charge on any atom is -0.373 e. The zero-order valence-electron chi connectivity index (χ0n) is 12.7. The molecule has 106 valence electrons. The maximum absolute atomic E-state index is 4.69. The van der Waals surface area contributed by atoms with Crippen LogP contribution in [0.3, 0.4) is 0 Å². The van der Waals surface area contributed by atoms with Gasteiger partial charge in [-0.05, 0) is 24.7 Å². The van der Waals surface area contributed by atoms with E-state index < -0.39 is 0 Å².